The van der Waals surface area contributed by atoms with E-state index in [0.29, 0.717) is 19.0 Å². The summed E-state index contributed by atoms with van der Waals surface area (Å²) in [5, 5.41) is 11.8. The van der Waals surface area contributed by atoms with Gasteiger partial charge in [-0.05, 0) is 30.8 Å². The van der Waals surface area contributed by atoms with Crippen molar-refractivity contribution in [1.29, 1.82) is 0 Å². The summed E-state index contributed by atoms with van der Waals surface area (Å²) in [7, 11) is 1.87. The minimum Gasteiger partial charge on any atom is -0.472 e. The molecule has 2 aromatic rings. The summed E-state index contributed by atoms with van der Waals surface area (Å²) in [6.07, 6.45) is 0. The van der Waals surface area contributed by atoms with Crippen molar-refractivity contribution in [3.63, 3.8) is 0 Å². The van der Waals surface area contributed by atoms with Gasteiger partial charge in [0, 0.05) is 17.6 Å². The number of rotatable bonds is 5. The van der Waals surface area contributed by atoms with Gasteiger partial charge in [0.15, 0.2) is 0 Å². The van der Waals surface area contributed by atoms with Crippen LogP contribution < -0.4 is 10.1 Å². The molecule has 4 nitrogen and oxygen atoms in total. The maximum Gasteiger partial charge on any atom is 0.233 e. The average Bonchev–Trinajstić information content (AvgIpc) is 2.40. The third-order valence-corrected chi connectivity index (χ3v) is 2.61. The molecule has 1 heterocycles. The summed E-state index contributed by atoms with van der Waals surface area (Å²) in [6, 6.07) is 11.2. The van der Waals surface area contributed by atoms with Gasteiger partial charge in [0.25, 0.3) is 0 Å². The van der Waals surface area contributed by atoms with Crippen molar-refractivity contribution in [2.75, 3.05) is 7.05 Å². The quantitative estimate of drug-likeness (QED) is 0.900. The Labute approximate surface area is 111 Å². The van der Waals surface area contributed by atoms with Crippen LogP contribution in [0.2, 0.25) is 5.02 Å². The summed E-state index contributed by atoms with van der Waals surface area (Å²) in [6.45, 7) is 1.15. The zero-order chi connectivity index (χ0) is 12.8. The number of nitrogens with zero attached hydrogens (tertiary/aromatic N) is 2. The molecule has 94 valence electrons. The molecule has 0 atom stereocenters. The second-order valence-electron chi connectivity index (χ2n) is 3.81. The van der Waals surface area contributed by atoms with E-state index in [1.807, 2.05) is 43.4 Å². The summed E-state index contributed by atoms with van der Waals surface area (Å²) < 4.78 is 5.53. The molecule has 1 N–H and O–H groups in total. The Balaban J connectivity index is 1.91. The van der Waals surface area contributed by atoms with Gasteiger partial charge < -0.3 is 10.1 Å². The van der Waals surface area contributed by atoms with Gasteiger partial charge in [-0.2, -0.15) is 5.10 Å². The van der Waals surface area contributed by atoms with E-state index >= 15 is 0 Å². The van der Waals surface area contributed by atoms with Gasteiger partial charge in [0.1, 0.15) is 6.61 Å². The molecular weight excluding hydrogens is 250 g/mol. The Hall–Kier alpha value is -1.65. The van der Waals surface area contributed by atoms with Crippen LogP contribution in [0.25, 0.3) is 0 Å². The monoisotopic (exact) mass is 263 g/mol. The number of hydrogen-bond donors (Lipinski definition) is 1. The fraction of sp³-hybridized carbons (Fsp3) is 0.231. The highest BCUT2D eigenvalue weighted by molar-refractivity contribution is 6.30. The van der Waals surface area contributed by atoms with E-state index < -0.39 is 0 Å². The first-order chi connectivity index (χ1) is 8.78. The van der Waals surface area contributed by atoms with E-state index in [1.165, 1.54) is 0 Å². The van der Waals surface area contributed by atoms with Crippen molar-refractivity contribution in [3.8, 4) is 5.88 Å². The van der Waals surface area contributed by atoms with Crippen molar-refractivity contribution in [2.45, 2.75) is 13.2 Å². The lowest BCUT2D eigenvalue weighted by Crippen LogP contribution is -2.08. The van der Waals surface area contributed by atoms with E-state index in [0.717, 1.165) is 16.3 Å². The lowest BCUT2D eigenvalue weighted by molar-refractivity contribution is 0.289. The maximum absolute atomic E-state index is 5.81. The lowest BCUT2D eigenvalue weighted by atomic mass is 10.2. The zero-order valence-corrected chi connectivity index (χ0v) is 10.8. The Bertz CT molecular complexity index is 485. The molecule has 2 rings (SSSR count). The molecule has 5 heteroatoms. The first-order valence-corrected chi connectivity index (χ1v) is 6.00. The fourth-order valence-corrected chi connectivity index (χ4v) is 1.56. The van der Waals surface area contributed by atoms with E-state index in [-0.39, 0.29) is 0 Å². The third kappa shape index (κ3) is 3.68. The van der Waals surface area contributed by atoms with E-state index in [9.17, 15) is 0 Å². The van der Waals surface area contributed by atoms with Crippen LogP contribution >= 0.6 is 11.6 Å². The minimum absolute atomic E-state index is 0.456. The molecule has 0 aliphatic carbocycles. The standard InChI is InChI=1S/C13H14ClN3O/c1-15-8-12-6-7-13(17-16-12)18-9-10-2-4-11(14)5-3-10/h2-7,15H,8-9H2,1H3. The summed E-state index contributed by atoms with van der Waals surface area (Å²) in [4.78, 5) is 0. The fourth-order valence-electron chi connectivity index (χ4n) is 1.44. The molecule has 1 aromatic heterocycles. The SMILES string of the molecule is CNCc1ccc(OCc2ccc(Cl)cc2)nn1. The summed E-state index contributed by atoms with van der Waals surface area (Å²) in [5.41, 5.74) is 1.93. The van der Waals surface area contributed by atoms with Gasteiger partial charge in [-0.25, -0.2) is 0 Å². The van der Waals surface area contributed by atoms with Crippen LogP contribution in [0.5, 0.6) is 5.88 Å². The van der Waals surface area contributed by atoms with E-state index in [1.54, 1.807) is 0 Å². The number of ether oxygens (including phenoxy) is 1. The first kappa shape index (κ1) is 12.8. The van der Waals surface area contributed by atoms with Crippen LogP contribution in [0.15, 0.2) is 36.4 Å². The predicted molar refractivity (Wildman–Crippen MR) is 70.6 cm³/mol. The first-order valence-electron chi connectivity index (χ1n) is 5.62. The third-order valence-electron chi connectivity index (χ3n) is 2.35. The Morgan fingerprint density at radius 2 is 1.89 bits per heavy atom. The van der Waals surface area contributed by atoms with Gasteiger partial charge in [-0.3, -0.25) is 0 Å². The van der Waals surface area contributed by atoms with Gasteiger partial charge in [0.05, 0.1) is 5.69 Å². The van der Waals surface area contributed by atoms with Crippen molar-refractivity contribution < 1.29 is 4.74 Å². The second-order valence-corrected chi connectivity index (χ2v) is 4.24. The van der Waals surface area contributed by atoms with Gasteiger partial charge in [-0.15, -0.1) is 5.10 Å². The Morgan fingerprint density at radius 1 is 1.11 bits per heavy atom. The zero-order valence-electron chi connectivity index (χ0n) is 10.1. The molecule has 18 heavy (non-hydrogen) atoms. The molecule has 0 aliphatic rings. The number of halogens is 1. The molecule has 0 unspecified atom stereocenters. The van der Waals surface area contributed by atoms with Crippen LogP contribution in [-0.2, 0) is 13.2 Å². The molecule has 0 aliphatic heterocycles. The second kappa shape index (κ2) is 6.33. The van der Waals surface area contributed by atoms with Crippen molar-refractivity contribution in [1.82, 2.24) is 15.5 Å². The van der Waals surface area contributed by atoms with Crippen LogP contribution in [0.4, 0.5) is 0 Å². The van der Waals surface area contributed by atoms with Crippen LogP contribution in [0.1, 0.15) is 11.3 Å². The molecule has 0 amide bonds. The molecule has 0 saturated carbocycles. The highest BCUT2D eigenvalue weighted by atomic mass is 35.5. The topological polar surface area (TPSA) is 47.0 Å². The summed E-state index contributed by atoms with van der Waals surface area (Å²) in [5.74, 6) is 0.518. The predicted octanol–water partition coefficient (Wildman–Crippen LogP) is 2.43. The molecule has 0 fully saturated rings. The largest absolute Gasteiger partial charge is 0.472 e. The minimum atomic E-state index is 0.456. The lowest BCUT2D eigenvalue weighted by Gasteiger charge is -2.05. The highest BCUT2D eigenvalue weighted by Crippen LogP contribution is 2.12. The van der Waals surface area contributed by atoms with Crippen LogP contribution in [-0.4, -0.2) is 17.2 Å². The number of nitrogens with one attached hydrogen (secondary N) is 1. The molecule has 0 bridgehead atoms. The van der Waals surface area contributed by atoms with E-state index in [2.05, 4.69) is 15.5 Å². The number of aromatic nitrogens is 2. The van der Waals surface area contributed by atoms with Crippen LogP contribution in [0, 0.1) is 0 Å². The van der Waals surface area contributed by atoms with E-state index in [4.69, 9.17) is 16.3 Å². The smallest absolute Gasteiger partial charge is 0.233 e. The van der Waals surface area contributed by atoms with Crippen molar-refractivity contribution in [3.05, 3.63) is 52.7 Å². The van der Waals surface area contributed by atoms with Crippen LogP contribution in [0.3, 0.4) is 0 Å². The normalized spacial score (nSPS) is 10.3. The number of hydrogen-bond acceptors (Lipinski definition) is 4. The van der Waals surface area contributed by atoms with Crippen molar-refractivity contribution >= 4 is 11.6 Å². The Kier molecular flexibility index (Phi) is 4.50. The maximum atomic E-state index is 5.81. The number of benzene rings is 1. The molecule has 0 radical (unpaired) electrons. The molecular formula is C13H14ClN3O. The molecule has 0 spiro atoms. The van der Waals surface area contributed by atoms with Gasteiger partial charge >= 0.3 is 0 Å². The average molecular weight is 264 g/mol. The highest BCUT2D eigenvalue weighted by Gasteiger charge is 1.99. The summed E-state index contributed by atoms with van der Waals surface area (Å²) >= 11 is 5.81. The Morgan fingerprint density at radius 3 is 2.50 bits per heavy atom. The van der Waals surface area contributed by atoms with Crippen molar-refractivity contribution in [2.24, 2.45) is 0 Å². The van der Waals surface area contributed by atoms with Gasteiger partial charge in [0.2, 0.25) is 5.88 Å². The molecule has 1 aromatic carbocycles. The molecule has 0 saturated heterocycles. The van der Waals surface area contributed by atoms with Gasteiger partial charge in [-0.1, -0.05) is 23.7 Å².